The topological polar surface area (TPSA) is 69.6 Å². The van der Waals surface area contributed by atoms with E-state index in [2.05, 4.69) is 69.0 Å². The Labute approximate surface area is 178 Å². The zero-order valence-corrected chi connectivity index (χ0v) is 19.4. The molecule has 0 saturated heterocycles. The van der Waals surface area contributed by atoms with Crippen molar-refractivity contribution >= 4 is 87.0 Å². The van der Waals surface area contributed by atoms with Crippen LogP contribution in [0.4, 0.5) is 11.4 Å². The molecule has 0 aliphatic heterocycles. The van der Waals surface area contributed by atoms with E-state index in [1.165, 1.54) is 0 Å². The number of carboxylic acid groups (broad SMARTS) is 1. The number of nitrogens with one attached hydrogen (secondary N) is 1. The van der Waals surface area contributed by atoms with E-state index < -0.39 is 11.9 Å². The molecule has 5 nitrogen and oxygen atoms in total. The van der Waals surface area contributed by atoms with Crippen molar-refractivity contribution in [1.82, 2.24) is 0 Å². The molecule has 0 atom stereocenters. The summed E-state index contributed by atoms with van der Waals surface area (Å²) in [4.78, 5) is 26.3. The summed E-state index contributed by atoms with van der Waals surface area (Å²) >= 11 is 13.2. The van der Waals surface area contributed by atoms with Crippen molar-refractivity contribution in [2.45, 2.75) is 0 Å². The summed E-state index contributed by atoms with van der Waals surface area (Å²) in [6.45, 7) is 0. The Morgan fingerprint density at radius 1 is 0.880 bits per heavy atom. The van der Waals surface area contributed by atoms with Gasteiger partial charge in [-0.25, -0.2) is 4.79 Å². The molecule has 0 aliphatic carbocycles. The number of carbonyl (C=O) groups is 2. The Balaban J connectivity index is 2.47. The minimum absolute atomic E-state index is 0.0196. The molecule has 0 spiro atoms. The van der Waals surface area contributed by atoms with Gasteiger partial charge in [0.15, 0.2) is 0 Å². The van der Waals surface area contributed by atoms with Gasteiger partial charge in [-0.2, -0.15) is 0 Å². The molecule has 132 valence electrons. The third-order valence-electron chi connectivity index (χ3n) is 3.35. The van der Waals surface area contributed by atoms with Gasteiger partial charge in [0, 0.05) is 43.4 Å². The van der Waals surface area contributed by atoms with Gasteiger partial charge in [0.25, 0.3) is 5.91 Å². The first-order valence-corrected chi connectivity index (χ1v) is 10.00. The van der Waals surface area contributed by atoms with Gasteiger partial charge < -0.3 is 15.3 Å². The van der Waals surface area contributed by atoms with Crippen LogP contribution in [-0.4, -0.2) is 31.1 Å². The minimum atomic E-state index is -1.21. The molecule has 0 unspecified atom stereocenters. The van der Waals surface area contributed by atoms with E-state index in [0.717, 1.165) is 5.69 Å². The van der Waals surface area contributed by atoms with E-state index >= 15 is 0 Å². The maximum Gasteiger partial charge on any atom is 0.337 e. The van der Waals surface area contributed by atoms with Gasteiger partial charge >= 0.3 is 5.97 Å². The first kappa shape index (κ1) is 20.4. The number of aromatic carboxylic acids is 1. The minimum Gasteiger partial charge on any atom is -0.478 e. The highest BCUT2D eigenvalue weighted by molar-refractivity contribution is 9.15. The first-order chi connectivity index (χ1) is 11.6. The molecule has 0 bridgehead atoms. The van der Waals surface area contributed by atoms with Gasteiger partial charge in [0.2, 0.25) is 0 Å². The summed E-state index contributed by atoms with van der Waals surface area (Å²) in [6, 6.07) is 7.22. The lowest BCUT2D eigenvalue weighted by Crippen LogP contribution is -2.18. The fourth-order valence-electron chi connectivity index (χ4n) is 2.08. The summed E-state index contributed by atoms with van der Waals surface area (Å²) in [6.07, 6.45) is 0. The zero-order valence-electron chi connectivity index (χ0n) is 13.0. The Kier molecular flexibility index (Phi) is 6.69. The normalized spacial score (nSPS) is 10.5. The SMILES string of the molecule is CN(C)c1ccc(NC(=O)c2c(Br)c(Br)c(Br)c(Br)c2C(=O)O)cc1. The molecule has 0 fully saturated rings. The van der Waals surface area contributed by atoms with Crippen LogP contribution in [0.25, 0.3) is 0 Å². The highest BCUT2D eigenvalue weighted by Gasteiger charge is 2.27. The van der Waals surface area contributed by atoms with Crippen LogP contribution in [0.1, 0.15) is 20.7 Å². The van der Waals surface area contributed by atoms with Crippen LogP contribution in [0.2, 0.25) is 0 Å². The lowest BCUT2D eigenvalue weighted by atomic mass is 10.1. The quantitative estimate of drug-likeness (QED) is 0.347. The molecule has 2 N–H and O–H groups in total. The number of hydrogen-bond donors (Lipinski definition) is 2. The Hall–Kier alpha value is -0.900. The van der Waals surface area contributed by atoms with Crippen LogP contribution < -0.4 is 10.2 Å². The summed E-state index contributed by atoms with van der Waals surface area (Å²) in [5.74, 6) is -1.75. The van der Waals surface area contributed by atoms with E-state index in [1.807, 2.05) is 31.1 Å². The fourth-order valence-corrected chi connectivity index (χ4v) is 4.55. The Morgan fingerprint density at radius 3 is 1.80 bits per heavy atom. The lowest BCUT2D eigenvalue weighted by molar-refractivity contribution is 0.0691. The number of hydrogen-bond acceptors (Lipinski definition) is 3. The molecule has 2 rings (SSSR count). The maximum atomic E-state index is 12.7. The number of nitrogens with zero attached hydrogens (tertiary/aromatic N) is 1. The molecule has 25 heavy (non-hydrogen) atoms. The molecule has 0 aromatic heterocycles. The second-order valence-electron chi connectivity index (χ2n) is 5.21. The fraction of sp³-hybridized carbons (Fsp3) is 0.125. The van der Waals surface area contributed by atoms with Crippen molar-refractivity contribution in [3.8, 4) is 0 Å². The summed E-state index contributed by atoms with van der Waals surface area (Å²) in [5, 5.41) is 12.3. The van der Waals surface area contributed by atoms with Crippen molar-refractivity contribution < 1.29 is 14.7 Å². The van der Waals surface area contributed by atoms with Crippen molar-refractivity contribution in [3.63, 3.8) is 0 Å². The molecular formula is C16H12Br4N2O3. The molecule has 0 radical (unpaired) electrons. The molecule has 2 aromatic carbocycles. The molecule has 0 heterocycles. The van der Waals surface area contributed by atoms with Crippen molar-refractivity contribution in [1.29, 1.82) is 0 Å². The number of carbonyl (C=O) groups excluding carboxylic acids is 1. The van der Waals surface area contributed by atoms with E-state index in [9.17, 15) is 14.7 Å². The second-order valence-corrected chi connectivity index (χ2v) is 8.38. The number of benzene rings is 2. The molecule has 0 aliphatic rings. The van der Waals surface area contributed by atoms with Gasteiger partial charge in [-0.05, 0) is 88.0 Å². The average Bonchev–Trinajstić information content (AvgIpc) is 2.55. The van der Waals surface area contributed by atoms with Crippen molar-refractivity contribution in [2.24, 2.45) is 0 Å². The third-order valence-corrected chi connectivity index (χ3v) is 8.12. The standard InChI is InChI=1S/C16H12Br4N2O3/c1-22(2)8-5-3-7(4-6-8)21-15(23)9-10(16(24)25)12(18)14(20)13(19)11(9)17/h3-6H,1-2H3,(H,21,23)(H,24,25). The monoisotopic (exact) mass is 596 g/mol. The number of rotatable bonds is 4. The number of amides is 1. The van der Waals surface area contributed by atoms with Gasteiger partial charge in [-0.15, -0.1) is 0 Å². The van der Waals surface area contributed by atoms with Crippen LogP contribution in [0.3, 0.4) is 0 Å². The van der Waals surface area contributed by atoms with Crippen LogP contribution in [0, 0.1) is 0 Å². The lowest BCUT2D eigenvalue weighted by Gasteiger charge is -2.16. The van der Waals surface area contributed by atoms with E-state index in [-0.39, 0.29) is 15.6 Å². The molecule has 0 saturated carbocycles. The van der Waals surface area contributed by atoms with Gasteiger partial charge in [-0.1, -0.05) is 0 Å². The smallest absolute Gasteiger partial charge is 0.337 e. The third kappa shape index (κ3) is 4.27. The van der Waals surface area contributed by atoms with Crippen LogP contribution in [0.5, 0.6) is 0 Å². The molecule has 2 aromatic rings. The first-order valence-electron chi connectivity index (χ1n) is 6.83. The molecule has 9 heteroatoms. The predicted molar refractivity (Wildman–Crippen MR) is 113 cm³/mol. The van der Waals surface area contributed by atoms with Gasteiger partial charge in [0.05, 0.1) is 11.1 Å². The van der Waals surface area contributed by atoms with Crippen LogP contribution in [0.15, 0.2) is 42.2 Å². The summed E-state index contributed by atoms with van der Waals surface area (Å²) in [5.41, 5.74) is 1.43. The van der Waals surface area contributed by atoms with E-state index in [4.69, 9.17) is 0 Å². The molecule has 1 amide bonds. The summed E-state index contributed by atoms with van der Waals surface area (Å²) < 4.78 is 1.67. The number of anilines is 2. The highest BCUT2D eigenvalue weighted by atomic mass is 79.9. The zero-order chi connectivity index (χ0) is 18.9. The van der Waals surface area contributed by atoms with E-state index in [0.29, 0.717) is 19.1 Å². The molecular weight excluding hydrogens is 588 g/mol. The Morgan fingerprint density at radius 2 is 1.36 bits per heavy atom. The highest BCUT2D eigenvalue weighted by Crippen LogP contribution is 2.42. The largest absolute Gasteiger partial charge is 0.478 e. The Bertz CT molecular complexity index is 852. The predicted octanol–water partition coefficient (Wildman–Crippen LogP) is 5.75. The summed E-state index contributed by atoms with van der Waals surface area (Å²) in [7, 11) is 3.83. The number of carboxylic acids is 1. The van der Waals surface area contributed by atoms with Gasteiger partial charge in [-0.3, -0.25) is 4.79 Å². The second kappa shape index (κ2) is 8.20. The van der Waals surface area contributed by atoms with Crippen LogP contribution in [-0.2, 0) is 0 Å². The van der Waals surface area contributed by atoms with Crippen molar-refractivity contribution in [2.75, 3.05) is 24.3 Å². The van der Waals surface area contributed by atoms with Crippen molar-refractivity contribution in [3.05, 3.63) is 53.3 Å². The van der Waals surface area contributed by atoms with Crippen LogP contribution >= 0.6 is 63.7 Å². The van der Waals surface area contributed by atoms with Gasteiger partial charge in [0.1, 0.15) is 0 Å². The maximum absolute atomic E-state index is 12.7. The van der Waals surface area contributed by atoms with E-state index in [1.54, 1.807) is 12.1 Å². The average molecular weight is 600 g/mol. The number of halogens is 4.